The standard InChI is InChI=1S/C9H18N2O2.ClH/c1-13-11-9(12)8(10)6-7-4-2-3-5-7;/h7-8H,2-6,10H2,1H3,(H,11,12);1H. The van der Waals surface area contributed by atoms with E-state index in [1.165, 1.54) is 32.8 Å². The van der Waals surface area contributed by atoms with Crippen LogP contribution in [0.25, 0.3) is 0 Å². The van der Waals surface area contributed by atoms with Gasteiger partial charge in [0, 0.05) is 0 Å². The Kier molecular flexibility index (Phi) is 6.87. The van der Waals surface area contributed by atoms with Crippen LogP contribution in [-0.2, 0) is 9.63 Å². The smallest absolute Gasteiger partial charge is 0.260 e. The number of hydrogen-bond acceptors (Lipinski definition) is 3. The second kappa shape index (κ2) is 7.04. The van der Waals surface area contributed by atoms with E-state index in [0.717, 1.165) is 6.42 Å². The zero-order chi connectivity index (χ0) is 9.68. The molecule has 14 heavy (non-hydrogen) atoms. The zero-order valence-electron chi connectivity index (χ0n) is 8.49. The molecule has 0 saturated heterocycles. The van der Waals surface area contributed by atoms with Gasteiger partial charge in [0.05, 0.1) is 13.2 Å². The molecule has 5 heteroatoms. The first kappa shape index (κ1) is 13.7. The van der Waals surface area contributed by atoms with Crippen LogP contribution in [0.2, 0.25) is 0 Å². The third-order valence-electron chi connectivity index (χ3n) is 2.60. The van der Waals surface area contributed by atoms with Gasteiger partial charge in [0.25, 0.3) is 5.91 Å². The Balaban J connectivity index is 0.00000169. The van der Waals surface area contributed by atoms with Crippen molar-refractivity contribution in [3.05, 3.63) is 0 Å². The van der Waals surface area contributed by atoms with Gasteiger partial charge in [-0.1, -0.05) is 25.7 Å². The van der Waals surface area contributed by atoms with Crippen LogP contribution in [0.1, 0.15) is 32.1 Å². The Labute approximate surface area is 90.9 Å². The van der Waals surface area contributed by atoms with E-state index in [1.54, 1.807) is 0 Å². The lowest BCUT2D eigenvalue weighted by Crippen LogP contribution is -2.41. The van der Waals surface area contributed by atoms with Crippen molar-refractivity contribution in [3.8, 4) is 0 Å². The van der Waals surface area contributed by atoms with Crippen LogP contribution in [-0.4, -0.2) is 19.1 Å². The van der Waals surface area contributed by atoms with E-state index in [9.17, 15) is 4.79 Å². The molecule has 0 aliphatic heterocycles. The third kappa shape index (κ3) is 4.26. The van der Waals surface area contributed by atoms with E-state index < -0.39 is 6.04 Å². The summed E-state index contributed by atoms with van der Waals surface area (Å²) in [6.07, 6.45) is 5.78. The second-order valence-corrected chi connectivity index (χ2v) is 3.66. The van der Waals surface area contributed by atoms with Crippen molar-refractivity contribution in [1.82, 2.24) is 5.48 Å². The maximum absolute atomic E-state index is 11.2. The minimum Gasteiger partial charge on any atom is -0.320 e. The fourth-order valence-corrected chi connectivity index (χ4v) is 1.89. The van der Waals surface area contributed by atoms with Gasteiger partial charge in [0.1, 0.15) is 0 Å². The molecule has 4 nitrogen and oxygen atoms in total. The van der Waals surface area contributed by atoms with Crippen LogP contribution < -0.4 is 11.2 Å². The van der Waals surface area contributed by atoms with Crippen LogP contribution in [0, 0.1) is 5.92 Å². The SMILES string of the molecule is CONC(=O)C(N)CC1CCCC1.Cl. The Bertz CT molecular complexity index is 172. The fraction of sp³-hybridized carbons (Fsp3) is 0.889. The number of rotatable bonds is 4. The van der Waals surface area contributed by atoms with E-state index in [2.05, 4.69) is 10.3 Å². The topological polar surface area (TPSA) is 64.3 Å². The van der Waals surface area contributed by atoms with Gasteiger partial charge in [-0.3, -0.25) is 9.63 Å². The molecule has 0 spiro atoms. The number of nitrogens with two attached hydrogens (primary N) is 1. The Morgan fingerprint density at radius 1 is 1.57 bits per heavy atom. The summed E-state index contributed by atoms with van der Waals surface area (Å²) < 4.78 is 0. The molecule has 0 aromatic carbocycles. The van der Waals surface area contributed by atoms with Crippen molar-refractivity contribution < 1.29 is 9.63 Å². The van der Waals surface area contributed by atoms with Gasteiger partial charge in [-0.25, -0.2) is 5.48 Å². The lowest BCUT2D eigenvalue weighted by molar-refractivity contribution is -0.133. The van der Waals surface area contributed by atoms with Crippen LogP contribution in [0.15, 0.2) is 0 Å². The molecule has 1 aliphatic carbocycles. The summed E-state index contributed by atoms with van der Waals surface area (Å²) in [6, 6.07) is -0.414. The number of amides is 1. The van der Waals surface area contributed by atoms with Crippen LogP contribution in [0.4, 0.5) is 0 Å². The molecule has 0 radical (unpaired) electrons. The normalized spacial score (nSPS) is 18.7. The van der Waals surface area contributed by atoms with Gasteiger partial charge in [-0.05, 0) is 12.3 Å². The summed E-state index contributed by atoms with van der Waals surface area (Å²) in [5.41, 5.74) is 7.95. The molecule has 1 atom stereocenters. The number of nitrogens with one attached hydrogen (secondary N) is 1. The number of carbonyl (C=O) groups excluding carboxylic acids is 1. The summed E-state index contributed by atoms with van der Waals surface area (Å²) >= 11 is 0. The Morgan fingerprint density at radius 3 is 2.64 bits per heavy atom. The highest BCUT2D eigenvalue weighted by molar-refractivity contribution is 5.85. The number of hydrogen-bond donors (Lipinski definition) is 2. The molecule has 1 unspecified atom stereocenters. The van der Waals surface area contributed by atoms with Crippen molar-refractivity contribution in [2.75, 3.05) is 7.11 Å². The highest BCUT2D eigenvalue weighted by Crippen LogP contribution is 2.28. The first-order valence-electron chi connectivity index (χ1n) is 4.82. The van der Waals surface area contributed by atoms with E-state index in [4.69, 9.17) is 5.73 Å². The molecular weight excluding hydrogens is 204 g/mol. The molecule has 1 saturated carbocycles. The molecule has 1 aliphatic rings. The average molecular weight is 223 g/mol. The molecular formula is C9H19ClN2O2. The molecule has 0 bridgehead atoms. The predicted molar refractivity (Wildman–Crippen MR) is 57.0 cm³/mol. The minimum atomic E-state index is -0.414. The van der Waals surface area contributed by atoms with E-state index in [1.807, 2.05) is 0 Å². The second-order valence-electron chi connectivity index (χ2n) is 3.66. The number of hydroxylamine groups is 1. The van der Waals surface area contributed by atoms with E-state index in [0.29, 0.717) is 5.92 Å². The highest BCUT2D eigenvalue weighted by Gasteiger charge is 2.21. The van der Waals surface area contributed by atoms with Crippen LogP contribution in [0.3, 0.4) is 0 Å². The van der Waals surface area contributed by atoms with E-state index in [-0.39, 0.29) is 18.3 Å². The lowest BCUT2D eigenvalue weighted by Gasteiger charge is -2.14. The van der Waals surface area contributed by atoms with Gasteiger partial charge in [-0.2, -0.15) is 0 Å². The Morgan fingerprint density at radius 2 is 2.14 bits per heavy atom. The minimum absolute atomic E-state index is 0. The van der Waals surface area contributed by atoms with Crippen molar-refractivity contribution in [2.45, 2.75) is 38.1 Å². The number of halogens is 1. The highest BCUT2D eigenvalue weighted by atomic mass is 35.5. The largest absolute Gasteiger partial charge is 0.320 e. The third-order valence-corrected chi connectivity index (χ3v) is 2.60. The first-order chi connectivity index (χ1) is 6.24. The molecule has 1 fully saturated rings. The molecule has 0 aromatic heterocycles. The summed E-state index contributed by atoms with van der Waals surface area (Å²) in [7, 11) is 1.42. The average Bonchev–Trinajstić information content (AvgIpc) is 2.57. The predicted octanol–water partition coefficient (Wildman–Crippen LogP) is 0.993. The number of carbonyl (C=O) groups is 1. The fourth-order valence-electron chi connectivity index (χ4n) is 1.89. The summed E-state index contributed by atoms with van der Waals surface area (Å²) in [6.45, 7) is 0. The molecule has 1 rings (SSSR count). The maximum Gasteiger partial charge on any atom is 0.260 e. The van der Waals surface area contributed by atoms with E-state index >= 15 is 0 Å². The van der Waals surface area contributed by atoms with Gasteiger partial charge < -0.3 is 5.73 Å². The maximum atomic E-state index is 11.2. The first-order valence-corrected chi connectivity index (χ1v) is 4.82. The van der Waals surface area contributed by atoms with Crippen molar-refractivity contribution in [2.24, 2.45) is 11.7 Å². The quantitative estimate of drug-likeness (QED) is 0.698. The lowest BCUT2D eigenvalue weighted by atomic mass is 9.99. The monoisotopic (exact) mass is 222 g/mol. The van der Waals surface area contributed by atoms with Gasteiger partial charge in [0.2, 0.25) is 0 Å². The molecule has 0 aromatic rings. The van der Waals surface area contributed by atoms with Gasteiger partial charge in [-0.15, -0.1) is 12.4 Å². The summed E-state index contributed by atoms with van der Waals surface area (Å²) in [5, 5.41) is 0. The summed E-state index contributed by atoms with van der Waals surface area (Å²) in [4.78, 5) is 15.7. The Hall–Kier alpha value is -0.320. The van der Waals surface area contributed by atoms with Crippen molar-refractivity contribution in [1.29, 1.82) is 0 Å². The van der Waals surface area contributed by atoms with Gasteiger partial charge >= 0.3 is 0 Å². The molecule has 0 heterocycles. The molecule has 3 N–H and O–H groups in total. The molecule has 1 amide bonds. The summed E-state index contributed by atoms with van der Waals surface area (Å²) in [5.74, 6) is 0.423. The zero-order valence-corrected chi connectivity index (χ0v) is 9.31. The van der Waals surface area contributed by atoms with Crippen molar-refractivity contribution in [3.63, 3.8) is 0 Å². The van der Waals surface area contributed by atoms with Crippen LogP contribution in [0.5, 0.6) is 0 Å². The molecule has 84 valence electrons. The van der Waals surface area contributed by atoms with Gasteiger partial charge in [0.15, 0.2) is 0 Å². The van der Waals surface area contributed by atoms with Crippen LogP contribution >= 0.6 is 12.4 Å². The van der Waals surface area contributed by atoms with Crippen molar-refractivity contribution >= 4 is 18.3 Å².